The van der Waals surface area contributed by atoms with Gasteiger partial charge in [0.2, 0.25) is 11.9 Å². The van der Waals surface area contributed by atoms with Crippen molar-refractivity contribution in [2.75, 3.05) is 37.0 Å². The smallest absolute Gasteiger partial charge is 0.232 e. The molecular weight excluding hydrogens is 434 g/mol. The van der Waals surface area contributed by atoms with Gasteiger partial charge in [-0.15, -0.1) is 10.2 Å². The molecule has 1 saturated heterocycles. The van der Waals surface area contributed by atoms with Gasteiger partial charge in [0, 0.05) is 13.1 Å². The maximum atomic E-state index is 12.9. The normalized spacial score (nSPS) is 18.1. The van der Waals surface area contributed by atoms with Crippen LogP contribution in [0, 0.1) is 6.92 Å². The van der Waals surface area contributed by atoms with E-state index in [0.717, 1.165) is 49.1 Å². The Hall–Kier alpha value is -2.84. The molecule has 2 aliphatic rings. The number of aromatic nitrogens is 3. The summed E-state index contributed by atoms with van der Waals surface area (Å²) >= 11 is 1.43. The van der Waals surface area contributed by atoms with E-state index >= 15 is 0 Å². The van der Waals surface area contributed by atoms with Gasteiger partial charge in [0.1, 0.15) is 0 Å². The first kappa shape index (κ1) is 22.0. The van der Waals surface area contributed by atoms with Crippen LogP contribution in [0.1, 0.15) is 35.6 Å². The molecule has 0 bridgehead atoms. The summed E-state index contributed by atoms with van der Waals surface area (Å²) in [6, 6.07) is 16.8. The number of benzene rings is 2. The van der Waals surface area contributed by atoms with Crippen LogP contribution in [0.15, 0.2) is 53.7 Å². The minimum Gasteiger partial charge on any atom is -0.378 e. The maximum absolute atomic E-state index is 12.9. The van der Waals surface area contributed by atoms with Crippen LogP contribution in [0.4, 0.5) is 5.95 Å². The molecule has 0 saturated carbocycles. The predicted molar refractivity (Wildman–Crippen MR) is 130 cm³/mol. The molecule has 8 heteroatoms. The van der Waals surface area contributed by atoms with Gasteiger partial charge < -0.3 is 15.0 Å². The van der Waals surface area contributed by atoms with Crippen molar-refractivity contribution in [3.8, 4) is 5.69 Å². The van der Waals surface area contributed by atoms with Gasteiger partial charge in [0.15, 0.2) is 5.16 Å². The van der Waals surface area contributed by atoms with Crippen molar-refractivity contribution in [2.45, 2.75) is 37.4 Å². The van der Waals surface area contributed by atoms with E-state index in [1.54, 1.807) is 0 Å². The second kappa shape index (κ2) is 9.97. The molecule has 1 fully saturated rings. The number of carbonyl (C=O) groups is 1. The molecular formula is C25H29N5O2S. The Morgan fingerprint density at radius 2 is 2.00 bits per heavy atom. The fourth-order valence-electron chi connectivity index (χ4n) is 4.59. The monoisotopic (exact) mass is 463 g/mol. The zero-order chi connectivity index (χ0) is 22.6. The Morgan fingerprint density at radius 3 is 2.85 bits per heavy atom. The first-order valence-corrected chi connectivity index (χ1v) is 12.5. The number of fused-ring (bicyclic) bond motifs is 1. The summed E-state index contributed by atoms with van der Waals surface area (Å²) in [5.74, 6) is 1.12. The second-order valence-corrected chi connectivity index (χ2v) is 9.50. The minimum atomic E-state index is 0.0217. The Kier molecular flexibility index (Phi) is 6.64. The Morgan fingerprint density at radius 1 is 1.15 bits per heavy atom. The number of nitrogens with zero attached hydrogens (tertiary/aromatic N) is 4. The fourth-order valence-corrected chi connectivity index (χ4v) is 5.35. The molecule has 1 aliphatic heterocycles. The lowest BCUT2D eigenvalue weighted by molar-refractivity contribution is -0.119. The van der Waals surface area contributed by atoms with Crippen molar-refractivity contribution in [3.63, 3.8) is 0 Å². The molecule has 1 N–H and O–H groups in total. The second-order valence-electron chi connectivity index (χ2n) is 8.56. The number of carbonyl (C=O) groups excluding carboxylic acids is 1. The first-order valence-electron chi connectivity index (χ1n) is 11.5. The van der Waals surface area contributed by atoms with Crippen LogP contribution in [-0.2, 0) is 16.0 Å². The van der Waals surface area contributed by atoms with Gasteiger partial charge in [-0.25, -0.2) is 0 Å². The number of aryl methyl sites for hydroxylation is 2. The van der Waals surface area contributed by atoms with Crippen LogP contribution in [-0.4, -0.2) is 52.7 Å². The Balaban J connectivity index is 1.33. The summed E-state index contributed by atoms with van der Waals surface area (Å²) < 4.78 is 7.57. The molecule has 172 valence electrons. The van der Waals surface area contributed by atoms with Gasteiger partial charge in [-0.3, -0.25) is 9.36 Å². The van der Waals surface area contributed by atoms with Gasteiger partial charge in [-0.2, -0.15) is 0 Å². The van der Waals surface area contributed by atoms with Crippen LogP contribution < -0.4 is 10.2 Å². The van der Waals surface area contributed by atoms with E-state index < -0.39 is 0 Å². The Bertz CT molecular complexity index is 1130. The number of rotatable bonds is 6. The molecule has 1 aromatic heterocycles. The fraction of sp³-hybridized carbons (Fsp3) is 0.400. The highest BCUT2D eigenvalue weighted by atomic mass is 32.2. The van der Waals surface area contributed by atoms with E-state index in [9.17, 15) is 4.79 Å². The van der Waals surface area contributed by atoms with Crippen molar-refractivity contribution in [2.24, 2.45) is 0 Å². The van der Waals surface area contributed by atoms with Gasteiger partial charge >= 0.3 is 0 Å². The van der Waals surface area contributed by atoms with Gasteiger partial charge in [-0.1, -0.05) is 48.2 Å². The molecule has 5 rings (SSSR count). The van der Waals surface area contributed by atoms with Gasteiger partial charge in [0.25, 0.3) is 0 Å². The summed E-state index contributed by atoms with van der Waals surface area (Å²) in [6.07, 6.45) is 3.16. The topological polar surface area (TPSA) is 72.3 Å². The lowest BCUT2D eigenvalue weighted by atomic mass is 9.88. The van der Waals surface area contributed by atoms with E-state index in [0.29, 0.717) is 19.0 Å². The third kappa shape index (κ3) is 4.91. The number of nitrogens with one attached hydrogen (secondary N) is 1. The summed E-state index contributed by atoms with van der Waals surface area (Å²) in [7, 11) is 0. The lowest BCUT2D eigenvalue weighted by Gasteiger charge is -2.28. The molecule has 1 atom stereocenters. The molecule has 1 aliphatic carbocycles. The molecule has 33 heavy (non-hydrogen) atoms. The van der Waals surface area contributed by atoms with Gasteiger partial charge in [-0.05, 0) is 55.0 Å². The summed E-state index contributed by atoms with van der Waals surface area (Å²) in [5.41, 5.74) is 4.76. The van der Waals surface area contributed by atoms with Crippen molar-refractivity contribution < 1.29 is 9.53 Å². The van der Waals surface area contributed by atoms with Crippen molar-refractivity contribution in [1.82, 2.24) is 20.1 Å². The molecule has 2 heterocycles. The third-order valence-electron chi connectivity index (χ3n) is 6.21. The van der Waals surface area contributed by atoms with Crippen molar-refractivity contribution >= 4 is 23.6 Å². The Labute approximate surface area is 198 Å². The average molecular weight is 464 g/mol. The molecule has 0 unspecified atom stereocenters. The van der Waals surface area contributed by atoms with Crippen molar-refractivity contribution in [3.05, 3.63) is 65.2 Å². The molecule has 7 nitrogen and oxygen atoms in total. The van der Waals surface area contributed by atoms with Crippen LogP contribution in [0.3, 0.4) is 0 Å². The maximum Gasteiger partial charge on any atom is 0.232 e. The number of thioether (sulfide) groups is 1. The molecule has 0 spiro atoms. The average Bonchev–Trinajstić information content (AvgIpc) is 3.28. The van der Waals surface area contributed by atoms with Crippen LogP contribution >= 0.6 is 11.8 Å². The number of anilines is 1. The number of amides is 1. The molecule has 0 radical (unpaired) electrons. The van der Waals surface area contributed by atoms with E-state index in [4.69, 9.17) is 4.74 Å². The molecule has 1 amide bonds. The van der Waals surface area contributed by atoms with Crippen LogP contribution in [0.2, 0.25) is 0 Å². The lowest BCUT2D eigenvalue weighted by Crippen LogP contribution is -2.38. The van der Waals surface area contributed by atoms with Crippen molar-refractivity contribution in [1.29, 1.82) is 0 Å². The predicted octanol–water partition coefficient (Wildman–Crippen LogP) is 3.70. The number of morpholine rings is 1. The zero-order valence-electron chi connectivity index (χ0n) is 18.9. The highest BCUT2D eigenvalue weighted by Crippen LogP contribution is 2.30. The van der Waals surface area contributed by atoms with Gasteiger partial charge in [0.05, 0.1) is 30.7 Å². The third-order valence-corrected chi connectivity index (χ3v) is 7.14. The van der Waals surface area contributed by atoms with E-state index in [1.807, 2.05) is 6.07 Å². The van der Waals surface area contributed by atoms with E-state index in [-0.39, 0.29) is 11.9 Å². The van der Waals surface area contributed by atoms with Crippen LogP contribution in [0.25, 0.3) is 5.69 Å². The van der Waals surface area contributed by atoms with E-state index in [2.05, 4.69) is 74.4 Å². The highest BCUT2D eigenvalue weighted by Gasteiger charge is 2.24. The molecule has 2 aromatic carbocycles. The quantitative estimate of drug-likeness (QED) is 0.562. The standard InChI is InChI=1S/C25H29N5O2S/c1-18-6-4-9-20(16-18)30-24(29-12-14-32-15-13-29)27-28-25(30)33-17-23(31)26-22-11-5-8-19-7-2-3-10-21(19)22/h2-4,6-7,9-10,16,22H,5,8,11-15,17H2,1H3,(H,26,31)/t22-/m0/s1. The largest absolute Gasteiger partial charge is 0.378 e. The number of ether oxygens (including phenoxy) is 1. The zero-order valence-corrected chi connectivity index (χ0v) is 19.7. The molecule has 3 aromatic rings. The number of hydrogen-bond acceptors (Lipinski definition) is 6. The summed E-state index contributed by atoms with van der Waals surface area (Å²) in [4.78, 5) is 15.1. The number of hydrogen-bond donors (Lipinski definition) is 1. The van der Waals surface area contributed by atoms with E-state index in [1.165, 1.54) is 28.5 Å². The minimum absolute atomic E-state index is 0.0217. The SMILES string of the molecule is Cc1cccc(-n2c(SCC(=O)N[C@H]3CCCc4ccccc43)nnc2N2CCOCC2)c1. The highest BCUT2D eigenvalue weighted by molar-refractivity contribution is 7.99. The summed E-state index contributed by atoms with van der Waals surface area (Å²) in [6.45, 7) is 4.97. The first-order chi connectivity index (χ1) is 16.2. The van der Waals surface area contributed by atoms with Crippen LogP contribution in [0.5, 0.6) is 0 Å². The summed E-state index contributed by atoms with van der Waals surface area (Å²) in [5, 5.41) is 12.9.